The third kappa shape index (κ3) is 3.81. The van der Waals surface area contributed by atoms with Crippen molar-refractivity contribution in [1.82, 2.24) is 10.3 Å². The van der Waals surface area contributed by atoms with Gasteiger partial charge in [-0.25, -0.2) is 0 Å². The van der Waals surface area contributed by atoms with E-state index in [0.29, 0.717) is 0 Å². The zero-order valence-corrected chi connectivity index (χ0v) is 13.0. The highest BCUT2D eigenvalue weighted by Gasteiger charge is 2.15. The van der Waals surface area contributed by atoms with Crippen LogP contribution < -0.4 is 5.32 Å². The van der Waals surface area contributed by atoms with Crippen molar-refractivity contribution in [2.24, 2.45) is 0 Å². The molecule has 2 rings (SSSR count). The molecule has 1 atom stereocenters. The normalized spacial score (nSPS) is 12.4. The number of likely N-dealkylation sites (N-methyl/N-ethyl adjacent to an activating group) is 1. The smallest absolute Gasteiger partial charge is 0.0762 e. The zero-order chi connectivity index (χ0) is 14.5. The predicted octanol–water partition coefficient (Wildman–Crippen LogP) is 4.25. The van der Waals surface area contributed by atoms with Gasteiger partial charge in [-0.05, 0) is 44.5 Å². The number of hydrogen-bond acceptors (Lipinski definition) is 2. The minimum atomic E-state index is 0.148. The molecule has 0 saturated carbocycles. The van der Waals surface area contributed by atoms with Crippen molar-refractivity contribution in [3.63, 3.8) is 0 Å². The molecule has 20 heavy (non-hydrogen) atoms. The molecule has 1 unspecified atom stereocenters. The highest BCUT2D eigenvalue weighted by molar-refractivity contribution is 6.31. The molecule has 1 aromatic carbocycles. The van der Waals surface area contributed by atoms with E-state index < -0.39 is 0 Å². The van der Waals surface area contributed by atoms with Gasteiger partial charge in [0.15, 0.2) is 0 Å². The molecular formula is C17H21ClN2. The Labute approximate surface area is 126 Å². The van der Waals surface area contributed by atoms with Crippen LogP contribution in [0.15, 0.2) is 36.5 Å². The fourth-order valence-electron chi connectivity index (χ4n) is 2.59. The van der Waals surface area contributed by atoms with Crippen molar-refractivity contribution in [3.05, 3.63) is 63.9 Å². The molecule has 0 bridgehead atoms. The summed E-state index contributed by atoms with van der Waals surface area (Å²) in [5, 5.41) is 4.21. The highest BCUT2D eigenvalue weighted by atomic mass is 35.5. The van der Waals surface area contributed by atoms with Gasteiger partial charge >= 0.3 is 0 Å². The molecule has 106 valence electrons. The van der Waals surface area contributed by atoms with E-state index in [4.69, 9.17) is 11.6 Å². The number of aryl methyl sites for hydroxylation is 2. The molecule has 0 radical (unpaired) electrons. The van der Waals surface area contributed by atoms with Gasteiger partial charge in [0.1, 0.15) is 0 Å². The first-order chi connectivity index (χ1) is 9.60. The van der Waals surface area contributed by atoms with E-state index in [0.717, 1.165) is 23.7 Å². The summed E-state index contributed by atoms with van der Waals surface area (Å²) in [7, 11) is 0. The van der Waals surface area contributed by atoms with E-state index in [1.807, 2.05) is 12.1 Å². The number of hydrogen-bond donors (Lipinski definition) is 1. The lowest BCUT2D eigenvalue weighted by atomic mass is 9.99. The van der Waals surface area contributed by atoms with E-state index in [1.165, 1.54) is 16.7 Å². The van der Waals surface area contributed by atoms with Gasteiger partial charge in [0, 0.05) is 6.20 Å². The number of nitrogens with zero attached hydrogens (tertiary/aromatic N) is 1. The second kappa shape index (κ2) is 6.87. The molecule has 1 aromatic heterocycles. The fraction of sp³-hybridized carbons (Fsp3) is 0.353. The number of rotatable bonds is 5. The Bertz CT molecular complexity index is 561. The molecule has 0 aliphatic carbocycles. The van der Waals surface area contributed by atoms with Crippen LogP contribution in [0.4, 0.5) is 0 Å². The first-order valence-electron chi connectivity index (χ1n) is 7.01. The van der Waals surface area contributed by atoms with Crippen molar-refractivity contribution >= 4 is 11.6 Å². The second-order valence-electron chi connectivity index (χ2n) is 5.18. The molecule has 0 aliphatic rings. The first kappa shape index (κ1) is 15.0. The molecule has 0 spiro atoms. The molecular weight excluding hydrogens is 268 g/mol. The summed E-state index contributed by atoms with van der Waals surface area (Å²) in [5.74, 6) is 0. The lowest BCUT2D eigenvalue weighted by Gasteiger charge is -2.19. The van der Waals surface area contributed by atoms with Gasteiger partial charge in [0.25, 0.3) is 0 Å². The summed E-state index contributed by atoms with van der Waals surface area (Å²) >= 11 is 6.28. The predicted molar refractivity (Wildman–Crippen MR) is 85.3 cm³/mol. The SMILES string of the molecule is CCNC(Cc1cc(C)cc(C)c1)c1ncccc1Cl. The molecule has 2 nitrogen and oxygen atoms in total. The van der Waals surface area contributed by atoms with E-state index in [2.05, 4.69) is 49.3 Å². The number of aromatic nitrogens is 1. The Morgan fingerprint density at radius 3 is 2.50 bits per heavy atom. The molecule has 0 saturated heterocycles. The molecule has 0 aliphatic heterocycles. The quantitative estimate of drug-likeness (QED) is 0.890. The summed E-state index contributed by atoms with van der Waals surface area (Å²) in [6.45, 7) is 7.26. The second-order valence-corrected chi connectivity index (χ2v) is 5.59. The number of nitrogens with one attached hydrogen (secondary N) is 1. The van der Waals surface area contributed by atoms with Crippen LogP contribution in [-0.4, -0.2) is 11.5 Å². The van der Waals surface area contributed by atoms with Gasteiger partial charge in [0.05, 0.1) is 16.8 Å². The standard InChI is InChI=1S/C17H21ClN2/c1-4-19-16(17-15(18)6-5-7-20-17)11-14-9-12(2)8-13(3)10-14/h5-10,16,19H,4,11H2,1-3H3. The minimum absolute atomic E-state index is 0.148. The Balaban J connectivity index is 2.28. The van der Waals surface area contributed by atoms with Gasteiger partial charge in [0.2, 0.25) is 0 Å². The topological polar surface area (TPSA) is 24.9 Å². The van der Waals surface area contributed by atoms with Crippen LogP contribution in [0.2, 0.25) is 5.02 Å². The number of benzene rings is 1. The van der Waals surface area contributed by atoms with Crippen molar-refractivity contribution in [1.29, 1.82) is 0 Å². The van der Waals surface area contributed by atoms with Crippen molar-refractivity contribution in [2.45, 2.75) is 33.2 Å². The lowest BCUT2D eigenvalue weighted by molar-refractivity contribution is 0.537. The Kier molecular flexibility index (Phi) is 5.16. The molecule has 3 heteroatoms. The third-order valence-corrected chi connectivity index (χ3v) is 3.61. The van der Waals surface area contributed by atoms with Gasteiger partial charge < -0.3 is 5.32 Å². The average molecular weight is 289 g/mol. The Hall–Kier alpha value is -1.38. The van der Waals surface area contributed by atoms with Crippen LogP contribution in [0, 0.1) is 13.8 Å². The fourth-order valence-corrected chi connectivity index (χ4v) is 2.84. The van der Waals surface area contributed by atoms with Crippen LogP contribution in [0.25, 0.3) is 0 Å². The minimum Gasteiger partial charge on any atom is -0.309 e. The van der Waals surface area contributed by atoms with Gasteiger partial charge in [-0.2, -0.15) is 0 Å². The van der Waals surface area contributed by atoms with Crippen LogP contribution in [0.5, 0.6) is 0 Å². The van der Waals surface area contributed by atoms with Crippen molar-refractivity contribution in [2.75, 3.05) is 6.54 Å². The number of halogens is 1. The van der Waals surface area contributed by atoms with Crippen LogP contribution in [0.3, 0.4) is 0 Å². The molecule has 0 fully saturated rings. The maximum Gasteiger partial charge on any atom is 0.0762 e. The largest absolute Gasteiger partial charge is 0.309 e. The molecule has 1 N–H and O–H groups in total. The average Bonchev–Trinajstić information content (AvgIpc) is 2.37. The molecule has 1 heterocycles. The van der Waals surface area contributed by atoms with E-state index in [-0.39, 0.29) is 6.04 Å². The summed E-state index contributed by atoms with van der Waals surface area (Å²) in [4.78, 5) is 4.44. The van der Waals surface area contributed by atoms with Crippen LogP contribution in [-0.2, 0) is 6.42 Å². The maximum absolute atomic E-state index is 6.28. The monoisotopic (exact) mass is 288 g/mol. The van der Waals surface area contributed by atoms with Crippen molar-refractivity contribution in [3.8, 4) is 0 Å². The maximum atomic E-state index is 6.28. The molecule has 0 amide bonds. The molecule has 2 aromatic rings. The summed E-state index contributed by atoms with van der Waals surface area (Å²) in [6.07, 6.45) is 2.69. The summed E-state index contributed by atoms with van der Waals surface area (Å²) in [5.41, 5.74) is 4.83. The van der Waals surface area contributed by atoms with Gasteiger partial charge in [-0.15, -0.1) is 0 Å². The van der Waals surface area contributed by atoms with Gasteiger partial charge in [-0.1, -0.05) is 47.9 Å². The van der Waals surface area contributed by atoms with E-state index in [1.54, 1.807) is 6.20 Å². The Morgan fingerprint density at radius 1 is 1.20 bits per heavy atom. The summed E-state index contributed by atoms with van der Waals surface area (Å²) in [6, 6.07) is 10.6. The van der Waals surface area contributed by atoms with Crippen LogP contribution >= 0.6 is 11.6 Å². The van der Waals surface area contributed by atoms with E-state index >= 15 is 0 Å². The first-order valence-corrected chi connectivity index (χ1v) is 7.39. The van der Waals surface area contributed by atoms with Gasteiger partial charge in [-0.3, -0.25) is 4.98 Å². The third-order valence-electron chi connectivity index (χ3n) is 3.29. The van der Waals surface area contributed by atoms with E-state index in [9.17, 15) is 0 Å². The number of pyridine rings is 1. The zero-order valence-electron chi connectivity index (χ0n) is 12.3. The van der Waals surface area contributed by atoms with Crippen LogP contribution in [0.1, 0.15) is 35.3 Å². The van der Waals surface area contributed by atoms with Crippen molar-refractivity contribution < 1.29 is 0 Å². The lowest BCUT2D eigenvalue weighted by Crippen LogP contribution is -2.24. The summed E-state index contributed by atoms with van der Waals surface area (Å²) < 4.78 is 0. The Morgan fingerprint density at radius 2 is 1.90 bits per heavy atom. The highest BCUT2D eigenvalue weighted by Crippen LogP contribution is 2.24.